The number of benzene rings is 6. The smallest absolute Gasteiger partial charge is 0.0847 e. The molecule has 6 aromatic carbocycles. The molecule has 2 atom stereocenters. The van der Waals surface area contributed by atoms with E-state index in [9.17, 15) is 0 Å². The Morgan fingerprint density at radius 1 is 0.356 bits per heavy atom. The van der Waals surface area contributed by atoms with Crippen molar-refractivity contribution in [1.82, 2.24) is 4.57 Å². The zero-order valence-electron chi connectivity index (χ0n) is 24.6. The Morgan fingerprint density at radius 2 is 0.778 bits per heavy atom. The van der Waals surface area contributed by atoms with E-state index < -0.39 is 0 Å². The first-order valence-corrected chi connectivity index (χ1v) is 15.7. The van der Waals surface area contributed by atoms with E-state index in [0.717, 1.165) is 0 Å². The second kappa shape index (κ2) is 9.35. The minimum Gasteiger partial charge on any atom is -0.331 e. The highest BCUT2D eigenvalue weighted by Gasteiger charge is 2.49. The van der Waals surface area contributed by atoms with Gasteiger partial charge in [-0.3, -0.25) is 0 Å². The van der Waals surface area contributed by atoms with E-state index in [2.05, 4.69) is 178 Å². The Balaban J connectivity index is 1.14. The molecule has 1 aromatic heterocycles. The van der Waals surface area contributed by atoms with Crippen molar-refractivity contribution in [3.8, 4) is 5.69 Å². The Hall–Kier alpha value is -5.80. The molecule has 0 amide bonds. The molecule has 0 fully saturated rings. The molecule has 0 N–H and O–H groups in total. The number of aromatic nitrogens is 1. The van der Waals surface area contributed by atoms with Gasteiger partial charge in [0.25, 0.3) is 0 Å². The highest BCUT2D eigenvalue weighted by Crippen LogP contribution is 2.56. The van der Waals surface area contributed by atoms with Gasteiger partial charge >= 0.3 is 0 Å². The lowest BCUT2D eigenvalue weighted by molar-refractivity contribution is 0.718. The zero-order chi connectivity index (χ0) is 29.5. The topological polar surface area (TPSA) is 11.4 Å². The van der Waals surface area contributed by atoms with Crippen LogP contribution in [0.2, 0.25) is 0 Å². The monoisotopic (exact) mass is 575 g/mol. The first-order valence-electron chi connectivity index (χ1n) is 15.7. The minimum atomic E-state index is 0.120. The number of fused-ring (bicyclic) bond motifs is 10. The number of para-hydroxylation sites is 5. The molecule has 2 unspecified atom stereocenters. The molecule has 0 saturated carbocycles. The van der Waals surface area contributed by atoms with Crippen LogP contribution in [0.3, 0.4) is 0 Å². The summed E-state index contributed by atoms with van der Waals surface area (Å²) < 4.78 is 2.39. The SMILES string of the molecule is C1=C2c3ccccc3N(c3ccccc3)C2C2C(=C1)c1ccccc1N2c1ccc(-n2c3ccccc3c3ccccc32)cc1. The van der Waals surface area contributed by atoms with Crippen molar-refractivity contribution < 1.29 is 0 Å². The molecule has 212 valence electrons. The first kappa shape index (κ1) is 24.6. The molecule has 2 aliphatic heterocycles. The summed E-state index contributed by atoms with van der Waals surface area (Å²) >= 11 is 0. The van der Waals surface area contributed by atoms with E-state index in [1.807, 2.05) is 0 Å². The van der Waals surface area contributed by atoms with Gasteiger partial charge in [-0.15, -0.1) is 0 Å². The van der Waals surface area contributed by atoms with Crippen molar-refractivity contribution in [2.75, 3.05) is 9.80 Å². The Morgan fingerprint density at radius 3 is 1.33 bits per heavy atom. The fourth-order valence-electron chi connectivity index (χ4n) is 8.08. The summed E-state index contributed by atoms with van der Waals surface area (Å²) in [6.45, 7) is 0. The molecular formula is C42H29N3. The van der Waals surface area contributed by atoms with Gasteiger partial charge in [-0.25, -0.2) is 0 Å². The standard InChI is InChI=1S/C42H29N3/c1-2-12-28(13-3-1)44-39-20-10-6-16-33(39)35-26-27-36-34-17-7-11-21-40(34)45(42(36)41(35)44)30-24-22-29(23-25-30)43-37-18-8-4-14-31(37)32-15-5-9-19-38(32)43/h1-27,41-42H. The van der Waals surface area contributed by atoms with Gasteiger partial charge in [0.1, 0.15) is 0 Å². The maximum atomic E-state index is 2.58. The summed E-state index contributed by atoms with van der Waals surface area (Å²) in [6, 6.07) is 55.5. The van der Waals surface area contributed by atoms with E-state index in [-0.39, 0.29) is 12.1 Å². The van der Waals surface area contributed by atoms with Crippen LogP contribution >= 0.6 is 0 Å². The molecule has 0 bridgehead atoms. The second-order valence-corrected chi connectivity index (χ2v) is 12.1. The third-order valence-electron chi connectivity index (χ3n) is 9.88. The van der Waals surface area contributed by atoms with Gasteiger partial charge in [0.2, 0.25) is 0 Å². The molecule has 1 aliphatic carbocycles. The molecule has 7 aromatic rings. The lowest BCUT2D eigenvalue weighted by Crippen LogP contribution is -2.46. The van der Waals surface area contributed by atoms with Crippen LogP contribution in [0, 0.1) is 0 Å². The lowest BCUT2D eigenvalue weighted by atomic mass is 9.85. The van der Waals surface area contributed by atoms with Gasteiger partial charge in [0.15, 0.2) is 0 Å². The van der Waals surface area contributed by atoms with Crippen LogP contribution < -0.4 is 9.80 Å². The predicted octanol–water partition coefficient (Wildman–Crippen LogP) is 10.3. The fraction of sp³-hybridized carbons (Fsp3) is 0.0476. The van der Waals surface area contributed by atoms with Crippen LogP contribution in [0.4, 0.5) is 22.7 Å². The third-order valence-corrected chi connectivity index (χ3v) is 9.88. The van der Waals surface area contributed by atoms with E-state index in [1.54, 1.807) is 0 Å². The van der Waals surface area contributed by atoms with Crippen LogP contribution in [-0.4, -0.2) is 16.7 Å². The molecule has 3 heterocycles. The van der Waals surface area contributed by atoms with E-state index >= 15 is 0 Å². The quantitative estimate of drug-likeness (QED) is 0.208. The van der Waals surface area contributed by atoms with Crippen LogP contribution in [0.1, 0.15) is 11.1 Å². The molecule has 0 saturated heterocycles. The summed E-state index contributed by atoms with van der Waals surface area (Å²) in [6.07, 6.45) is 4.73. The fourth-order valence-corrected chi connectivity index (χ4v) is 8.08. The minimum absolute atomic E-state index is 0.120. The maximum Gasteiger partial charge on any atom is 0.0847 e. The average molecular weight is 576 g/mol. The number of hydrogen-bond acceptors (Lipinski definition) is 2. The molecule has 0 radical (unpaired) electrons. The zero-order valence-corrected chi connectivity index (χ0v) is 24.6. The van der Waals surface area contributed by atoms with Crippen LogP contribution in [0.15, 0.2) is 164 Å². The highest BCUT2D eigenvalue weighted by atomic mass is 15.3. The van der Waals surface area contributed by atoms with Crippen LogP contribution in [-0.2, 0) is 0 Å². The second-order valence-electron chi connectivity index (χ2n) is 12.1. The summed E-state index contributed by atoms with van der Waals surface area (Å²) in [7, 11) is 0. The van der Waals surface area contributed by atoms with Crippen LogP contribution in [0.25, 0.3) is 38.6 Å². The van der Waals surface area contributed by atoms with Crippen molar-refractivity contribution in [3.63, 3.8) is 0 Å². The van der Waals surface area contributed by atoms with Crippen molar-refractivity contribution in [1.29, 1.82) is 0 Å². The molecule has 0 spiro atoms. The maximum absolute atomic E-state index is 2.58. The Labute approximate surface area is 262 Å². The van der Waals surface area contributed by atoms with Gasteiger partial charge in [-0.1, -0.05) is 103 Å². The normalized spacial score (nSPS) is 18.0. The van der Waals surface area contributed by atoms with Gasteiger partial charge in [-0.2, -0.15) is 0 Å². The lowest BCUT2D eigenvalue weighted by Gasteiger charge is -2.40. The van der Waals surface area contributed by atoms with Crippen molar-refractivity contribution in [2.45, 2.75) is 12.1 Å². The Kier molecular flexibility index (Phi) is 5.11. The highest BCUT2D eigenvalue weighted by molar-refractivity contribution is 6.09. The summed E-state index contributed by atoms with van der Waals surface area (Å²) in [5.74, 6) is 0. The summed E-state index contributed by atoms with van der Waals surface area (Å²) in [5.41, 5.74) is 14.0. The van der Waals surface area contributed by atoms with Crippen molar-refractivity contribution >= 4 is 55.7 Å². The number of rotatable bonds is 3. The van der Waals surface area contributed by atoms with Crippen molar-refractivity contribution in [2.24, 2.45) is 0 Å². The number of anilines is 4. The van der Waals surface area contributed by atoms with Crippen LogP contribution in [0.5, 0.6) is 0 Å². The Bertz CT molecular complexity index is 2290. The number of allylic oxidation sites excluding steroid dienone is 2. The first-order chi connectivity index (χ1) is 22.4. The molecule has 3 heteroatoms. The van der Waals surface area contributed by atoms with Gasteiger partial charge in [0, 0.05) is 50.3 Å². The predicted molar refractivity (Wildman–Crippen MR) is 188 cm³/mol. The molecule has 45 heavy (non-hydrogen) atoms. The van der Waals surface area contributed by atoms with E-state index in [0.29, 0.717) is 0 Å². The molecule has 3 aliphatic rings. The number of hydrogen-bond donors (Lipinski definition) is 0. The van der Waals surface area contributed by atoms with Gasteiger partial charge in [-0.05, 0) is 71.8 Å². The largest absolute Gasteiger partial charge is 0.331 e. The molecule has 10 rings (SSSR count). The molecule has 3 nitrogen and oxygen atoms in total. The van der Waals surface area contributed by atoms with E-state index in [4.69, 9.17) is 0 Å². The molecular weight excluding hydrogens is 546 g/mol. The van der Waals surface area contributed by atoms with E-state index in [1.165, 1.54) is 72.5 Å². The number of nitrogens with zero attached hydrogens (tertiary/aromatic N) is 3. The van der Waals surface area contributed by atoms with Gasteiger partial charge in [0.05, 0.1) is 23.1 Å². The van der Waals surface area contributed by atoms with Crippen molar-refractivity contribution in [3.05, 3.63) is 175 Å². The average Bonchev–Trinajstić information content (AvgIpc) is 3.75. The summed E-state index contributed by atoms with van der Waals surface area (Å²) in [5, 5.41) is 2.56. The van der Waals surface area contributed by atoms with Gasteiger partial charge < -0.3 is 14.4 Å². The summed E-state index contributed by atoms with van der Waals surface area (Å²) in [4.78, 5) is 5.14. The third kappa shape index (κ3) is 3.41.